The van der Waals surface area contributed by atoms with Crippen molar-refractivity contribution in [2.45, 2.75) is 160 Å². The zero-order valence-electron chi connectivity index (χ0n) is 41.7. The molecule has 1 heterocycles. The van der Waals surface area contributed by atoms with Gasteiger partial charge in [0, 0.05) is 18.5 Å². The van der Waals surface area contributed by atoms with E-state index in [2.05, 4.69) is 71.7 Å². The maximum Gasteiger partial charge on any atom is 0.481 e. The second-order valence-corrected chi connectivity index (χ2v) is 20.0. The molecule has 6 rings (SSSR count). The molecular weight excluding hydrogens is 915 g/mol. The van der Waals surface area contributed by atoms with Crippen LogP contribution in [0, 0.1) is 17.3 Å². The van der Waals surface area contributed by atoms with Gasteiger partial charge in [0.25, 0.3) is 5.91 Å². The van der Waals surface area contributed by atoms with Crippen LogP contribution in [0.1, 0.15) is 122 Å². The highest BCUT2D eigenvalue weighted by molar-refractivity contribution is 6.47. The fourth-order valence-corrected chi connectivity index (χ4v) is 9.93. The molecule has 21 heteroatoms. The van der Waals surface area contributed by atoms with Gasteiger partial charge in [-0.15, -0.1) is 0 Å². The molecule has 2 aromatic rings. The van der Waals surface area contributed by atoms with Gasteiger partial charge in [-0.2, -0.15) is 0 Å². The summed E-state index contributed by atoms with van der Waals surface area (Å²) < 4.78 is 12.9. The van der Waals surface area contributed by atoms with Crippen molar-refractivity contribution >= 4 is 54.5 Å². The lowest BCUT2D eigenvalue weighted by Crippen LogP contribution is -2.65. The van der Waals surface area contributed by atoms with E-state index in [1.165, 1.54) is 12.5 Å². The van der Waals surface area contributed by atoms with Gasteiger partial charge in [-0.05, 0) is 125 Å². The van der Waals surface area contributed by atoms with Crippen molar-refractivity contribution in [3.63, 3.8) is 0 Å². The van der Waals surface area contributed by atoms with E-state index in [4.69, 9.17) is 25.9 Å². The third-order valence-electron chi connectivity index (χ3n) is 14.5. The summed E-state index contributed by atoms with van der Waals surface area (Å²) in [6.45, 7) is 11.8. The molecule has 1 aliphatic heterocycles. The monoisotopic (exact) mass is 989 g/mol. The second kappa shape index (κ2) is 25.0. The summed E-state index contributed by atoms with van der Waals surface area (Å²) in [5.74, 6) is -7.54. The van der Waals surface area contributed by atoms with Crippen LogP contribution < -0.4 is 43.4 Å². The average molecular weight is 989 g/mol. The highest BCUT2D eigenvalue weighted by atomic mass is 16.7. The fourth-order valence-electron chi connectivity index (χ4n) is 9.93. The van der Waals surface area contributed by atoms with Gasteiger partial charge in [0.2, 0.25) is 29.5 Å². The summed E-state index contributed by atoms with van der Waals surface area (Å²) in [5.41, 5.74) is 14.6. The average Bonchev–Trinajstić information content (AvgIpc) is 3.70. The standard InChI is InChI=1S/C50H73BN8O12/c1-7-8-11-30-13-15-31(16-14-30)32-17-19-33(20-18-32)44(64)59-38(27-53)47(67)58-36(21-22-41(60)56-37(48(68)69)26-42(61)62)45(65)54-28(2)43(63)57-35(12-9-10-23-52)46(66)55-29(3)51-70-40-25-34-24-39(49(34,4)5)50(40,6)71-51/h13-20,28-29,34-40H,7-12,21-27,52-53H2,1-6H3,(H,54,65)(H,55,66)(H,56,60)(H,57,63)(H,58,67)(H,59,64)(H,61,62)(H,68,69)/t28-,29-,34-,35-,36-,37?,38-,39-,40+,50-/m0/s1. The van der Waals surface area contributed by atoms with Crippen LogP contribution in [-0.2, 0) is 49.3 Å². The first kappa shape index (κ1) is 56.0. The number of carbonyl (C=O) groups excluding carboxylic acids is 6. The first-order valence-electron chi connectivity index (χ1n) is 24.8. The largest absolute Gasteiger partial charge is 0.481 e. The number of rotatable bonds is 27. The summed E-state index contributed by atoms with van der Waals surface area (Å²) in [6.07, 6.45) is 4.28. The van der Waals surface area contributed by atoms with Gasteiger partial charge in [0.05, 0.1) is 24.1 Å². The lowest BCUT2D eigenvalue weighted by molar-refractivity contribution is -0.199. The van der Waals surface area contributed by atoms with Gasteiger partial charge >= 0.3 is 19.1 Å². The third kappa shape index (κ3) is 14.4. The molecule has 0 spiro atoms. The Morgan fingerprint density at radius 2 is 1.32 bits per heavy atom. The first-order valence-corrected chi connectivity index (χ1v) is 24.8. The van der Waals surface area contributed by atoms with Crippen LogP contribution in [0.5, 0.6) is 0 Å². The van der Waals surface area contributed by atoms with Crippen LogP contribution in [0.4, 0.5) is 0 Å². The van der Waals surface area contributed by atoms with Gasteiger partial charge in [-0.3, -0.25) is 33.6 Å². The number of carboxylic acids is 2. The maximum atomic E-state index is 13.9. The number of hydrogen-bond acceptors (Lipinski definition) is 12. The van der Waals surface area contributed by atoms with E-state index >= 15 is 0 Å². The number of carboxylic acid groups (broad SMARTS) is 2. The fraction of sp³-hybridized carbons (Fsp3) is 0.600. The first-order chi connectivity index (χ1) is 33.6. The Morgan fingerprint density at radius 1 is 0.718 bits per heavy atom. The van der Waals surface area contributed by atoms with Gasteiger partial charge in [-0.1, -0.05) is 63.6 Å². The van der Waals surface area contributed by atoms with Crippen molar-refractivity contribution in [1.82, 2.24) is 31.9 Å². The predicted octanol–water partition coefficient (Wildman–Crippen LogP) is 1.95. The van der Waals surface area contributed by atoms with Crippen molar-refractivity contribution in [3.05, 3.63) is 59.7 Å². The van der Waals surface area contributed by atoms with Crippen molar-refractivity contribution in [1.29, 1.82) is 0 Å². The number of carbonyl (C=O) groups is 8. The zero-order chi connectivity index (χ0) is 52.2. The highest BCUT2D eigenvalue weighted by Crippen LogP contribution is 2.65. The molecule has 2 bridgehead atoms. The molecule has 388 valence electrons. The van der Waals surface area contributed by atoms with E-state index < -0.39 is 122 Å². The van der Waals surface area contributed by atoms with Gasteiger partial charge < -0.3 is 62.9 Å². The number of nitrogens with two attached hydrogens (primary N) is 2. The number of aryl methyl sites for hydroxylation is 1. The van der Waals surface area contributed by atoms with E-state index in [9.17, 15) is 43.5 Å². The summed E-state index contributed by atoms with van der Waals surface area (Å²) in [5, 5.41) is 33.9. The van der Waals surface area contributed by atoms with Crippen LogP contribution in [0.3, 0.4) is 0 Å². The summed E-state index contributed by atoms with van der Waals surface area (Å²) in [6, 6.07) is 7.78. The molecule has 0 aromatic heterocycles. The molecule has 10 atom stereocenters. The van der Waals surface area contributed by atoms with Crippen LogP contribution >= 0.6 is 0 Å². The second-order valence-electron chi connectivity index (χ2n) is 20.0. The molecule has 6 amide bonds. The molecule has 4 fully saturated rings. The zero-order valence-corrected chi connectivity index (χ0v) is 41.7. The van der Waals surface area contributed by atoms with Crippen molar-refractivity contribution in [2.24, 2.45) is 28.7 Å². The van der Waals surface area contributed by atoms with Gasteiger partial charge in [0.1, 0.15) is 30.2 Å². The Kier molecular flexibility index (Phi) is 19.7. The Bertz CT molecular complexity index is 2230. The number of nitrogens with one attached hydrogen (secondary N) is 6. The number of benzene rings is 2. The van der Waals surface area contributed by atoms with Crippen LogP contribution in [0.25, 0.3) is 11.1 Å². The molecule has 1 unspecified atom stereocenters. The molecule has 3 saturated carbocycles. The molecule has 1 saturated heterocycles. The molecule has 0 radical (unpaired) electrons. The predicted molar refractivity (Wildman–Crippen MR) is 264 cm³/mol. The minimum atomic E-state index is -1.78. The maximum absolute atomic E-state index is 13.9. The number of amides is 6. The molecule has 3 aliphatic carbocycles. The number of hydrogen-bond donors (Lipinski definition) is 10. The lowest BCUT2D eigenvalue weighted by atomic mass is 9.43. The van der Waals surface area contributed by atoms with E-state index in [1.54, 1.807) is 31.2 Å². The molecule has 4 aliphatic rings. The number of aliphatic carboxylic acids is 2. The highest BCUT2D eigenvalue weighted by Gasteiger charge is 2.68. The van der Waals surface area contributed by atoms with Crippen LogP contribution in [-0.4, -0.2) is 126 Å². The SMILES string of the molecule is CCCCc1ccc(-c2ccc(C(=O)N[C@@H](CN)C(=O)N[C@@H](CCC(=O)NC(CC(=O)O)C(=O)O)C(=O)N[C@@H](C)C(=O)N[C@@H](CCCCN)C(=O)N[C@@H](C)B3O[C@@H]4C[C@@H]5C[C@@H](C5(C)C)[C@]4(C)O3)cc2)cc1. The Hall–Kier alpha value is -5.90. The van der Waals surface area contributed by atoms with E-state index in [0.717, 1.165) is 43.2 Å². The third-order valence-corrected chi connectivity index (χ3v) is 14.5. The minimum Gasteiger partial charge on any atom is -0.481 e. The minimum absolute atomic E-state index is 0.109. The van der Waals surface area contributed by atoms with Crippen molar-refractivity contribution in [2.75, 3.05) is 13.1 Å². The molecular formula is C50H73BN8O12. The molecule has 12 N–H and O–H groups in total. The summed E-state index contributed by atoms with van der Waals surface area (Å²) in [4.78, 5) is 104. The van der Waals surface area contributed by atoms with Crippen LogP contribution in [0.15, 0.2) is 48.5 Å². The molecule has 20 nitrogen and oxygen atoms in total. The van der Waals surface area contributed by atoms with Crippen LogP contribution in [0.2, 0.25) is 0 Å². The lowest BCUT2D eigenvalue weighted by Gasteiger charge is -2.64. The Morgan fingerprint density at radius 3 is 1.92 bits per heavy atom. The van der Waals surface area contributed by atoms with Gasteiger partial charge in [-0.25, -0.2) is 4.79 Å². The Balaban J connectivity index is 1.23. The Labute approximate surface area is 415 Å². The van der Waals surface area contributed by atoms with Gasteiger partial charge in [0.15, 0.2) is 0 Å². The summed E-state index contributed by atoms with van der Waals surface area (Å²) in [7, 11) is -0.716. The van der Waals surface area contributed by atoms with Crippen molar-refractivity contribution < 1.29 is 57.9 Å². The normalized spacial score (nSPS) is 22.1. The van der Waals surface area contributed by atoms with E-state index in [-0.39, 0.29) is 23.5 Å². The molecule has 2 aromatic carbocycles. The van der Waals surface area contributed by atoms with E-state index in [1.807, 2.05) is 12.1 Å². The van der Waals surface area contributed by atoms with E-state index in [0.29, 0.717) is 31.2 Å². The number of unbranched alkanes of at least 4 members (excludes halogenated alkanes) is 2. The topological polar surface area (TPSA) is 320 Å². The molecule has 71 heavy (non-hydrogen) atoms. The van der Waals surface area contributed by atoms with Crippen molar-refractivity contribution in [3.8, 4) is 11.1 Å². The quantitative estimate of drug-likeness (QED) is 0.0452. The smallest absolute Gasteiger partial charge is 0.481 e. The summed E-state index contributed by atoms with van der Waals surface area (Å²) >= 11 is 0.